The Morgan fingerprint density at radius 1 is 1.00 bits per heavy atom. The Balaban J connectivity index is 0.00000144. The fourth-order valence-electron chi connectivity index (χ4n) is 2.41. The van der Waals surface area contributed by atoms with Gasteiger partial charge in [-0.15, -0.1) is 24.8 Å². The Labute approximate surface area is 123 Å². The molecule has 0 saturated heterocycles. The summed E-state index contributed by atoms with van der Waals surface area (Å²) < 4.78 is 0. The second-order valence-corrected chi connectivity index (χ2v) is 4.74. The van der Waals surface area contributed by atoms with Crippen molar-refractivity contribution in [3.8, 4) is 0 Å². The molecular formula is C14H24Cl2N2. The minimum Gasteiger partial charge on any atom is -0.308 e. The normalized spacial score (nSPS) is 16.9. The summed E-state index contributed by atoms with van der Waals surface area (Å²) in [6.07, 6.45) is 11.6. The smallest absolute Gasteiger partial charge is 0.0541 e. The zero-order chi connectivity index (χ0) is 11.1. The topological polar surface area (TPSA) is 24.9 Å². The summed E-state index contributed by atoms with van der Waals surface area (Å²) in [7, 11) is 0. The van der Waals surface area contributed by atoms with Crippen molar-refractivity contribution in [2.75, 3.05) is 0 Å². The molecule has 1 N–H and O–H groups in total. The molecule has 1 aromatic rings. The van der Waals surface area contributed by atoms with Gasteiger partial charge in [0.2, 0.25) is 0 Å². The van der Waals surface area contributed by atoms with Crippen molar-refractivity contribution in [1.29, 1.82) is 0 Å². The van der Waals surface area contributed by atoms with Gasteiger partial charge in [0.15, 0.2) is 0 Å². The van der Waals surface area contributed by atoms with Gasteiger partial charge in [0.05, 0.1) is 5.69 Å². The third-order valence-electron chi connectivity index (χ3n) is 3.40. The molecule has 1 heterocycles. The highest BCUT2D eigenvalue weighted by Crippen LogP contribution is 2.17. The van der Waals surface area contributed by atoms with Gasteiger partial charge in [0.1, 0.15) is 0 Å². The van der Waals surface area contributed by atoms with Crippen molar-refractivity contribution < 1.29 is 0 Å². The molecule has 0 unspecified atom stereocenters. The number of pyridine rings is 1. The molecule has 0 aromatic carbocycles. The van der Waals surface area contributed by atoms with Gasteiger partial charge < -0.3 is 5.32 Å². The maximum Gasteiger partial charge on any atom is 0.0541 e. The summed E-state index contributed by atoms with van der Waals surface area (Å²) in [6.45, 7) is 0.922. The second kappa shape index (κ2) is 10.6. The molecule has 4 heteroatoms. The largest absolute Gasteiger partial charge is 0.308 e. The lowest BCUT2D eigenvalue weighted by Gasteiger charge is -2.20. The van der Waals surface area contributed by atoms with Gasteiger partial charge >= 0.3 is 0 Å². The van der Waals surface area contributed by atoms with E-state index in [0.29, 0.717) is 6.04 Å². The predicted octanol–water partition coefficient (Wildman–Crippen LogP) is 4.13. The quantitative estimate of drug-likeness (QED) is 0.905. The van der Waals surface area contributed by atoms with E-state index in [2.05, 4.69) is 22.4 Å². The zero-order valence-electron chi connectivity index (χ0n) is 10.8. The SMILES string of the molecule is Cl.Cl.c1ccc(CNC2CCCCCCC2)nc1. The molecule has 1 aliphatic rings. The van der Waals surface area contributed by atoms with E-state index in [9.17, 15) is 0 Å². The van der Waals surface area contributed by atoms with Crippen molar-refractivity contribution in [1.82, 2.24) is 10.3 Å². The van der Waals surface area contributed by atoms with Crippen LogP contribution in [-0.2, 0) is 6.54 Å². The fraction of sp³-hybridized carbons (Fsp3) is 0.643. The highest BCUT2D eigenvalue weighted by atomic mass is 35.5. The first-order valence-electron chi connectivity index (χ1n) is 6.58. The number of rotatable bonds is 3. The minimum absolute atomic E-state index is 0. The minimum atomic E-state index is 0. The van der Waals surface area contributed by atoms with Crippen LogP contribution in [0.4, 0.5) is 0 Å². The molecule has 1 aliphatic carbocycles. The summed E-state index contributed by atoms with van der Waals surface area (Å²) in [5.41, 5.74) is 1.16. The molecule has 2 rings (SSSR count). The number of halogens is 2. The van der Waals surface area contributed by atoms with Gasteiger partial charge in [-0.2, -0.15) is 0 Å². The van der Waals surface area contributed by atoms with E-state index < -0.39 is 0 Å². The molecular weight excluding hydrogens is 267 g/mol. The average Bonchev–Trinajstić information content (AvgIpc) is 2.29. The maximum atomic E-state index is 4.34. The van der Waals surface area contributed by atoms with Crippen molar-refractivity contribution in [3.63, 3.8) is 0 Å². The monoisotopic (exact) mass is 290 g/mol. The highest BCUT2D eigenvalue weighted by Gasteiger charge is 2.10. The van der Waals surface area contributed by atoms with Crippen LogP contribution in [0.5, 0.6) is 0 Å². The third-order valence-corrected chi connectivity index (χ3v) is 3.40. The molecule has 1 saturated carbocycles. The van der Waals surface area contributed by atoms with Crippen LogP contribution in [0.2, 0.25) is 0 Å². The average molecular weight is 291 g/mol. The van der Waals surface area contributed by atoms with Crippen LogP contribution in [-0.4, -0.2) is 11.0 Å². The van der Waals surface area contributed by atoms with E-state index in [-0.39, 0.29) is 24.8 Å². The summed E-state index contributed by atoms with van der Waals surface area (Å²) in [5, 5.41) is 3.64. The molecule has 104 valence electrons. The molecule has 0 radical (unpaired) electrons. The second-order valence-electron chi connectivity index (χ2n) is 4.74. The number of hydrogen-bond donors (Lipinski definition) is 1. The lowest BCUT2D eigenvalue weighted by atomic mass is 9.97. The van der Waals surface area contributed by atoms with Crippen LogP contribution < -0.4 is 5.32 Å². The first-order chi connectivity index (χ1) is 7.95. The fourth-order valence-corrected chi connectivity index (χ4v) is 2.41. The van der Waals surface area contributed by atoms with E-state index >= 15 is 0 Å². The Morgan fingerprint density at radius 2 is 1.67 bits per heavy atom. The van der Waals surface area contributed by atoms with Crippen molar-refractivity contribution >= 4 is 24.8 Å². The number of hydrogen-bond acceptors (Lipinski definition) is 2. The van der Waals surface area contributed by atoms with E-state index in [1.54, 1.807) is 0 Å². The molecule has 1 aromatic heterocycles. The molecule has 0 spiro atoms. The summed E-state index contributed by atoms with van der Waals surface area (Å²) in [6, 6.07) is 6.83. The van der Waals surface area contributed by atoms with E-state index in [0.717, 1.165) is 12.2 Å². The standard InChI is InChI=1S/C14H22N2.2ClH/c1-2-4-8-13(9-5-3-1)16-12-14-10-6-7-11-15-14;;/h6-7,10-11,13,16H,1-5,8-9,12H2;2*1H. The zero-order valence-corrected chi connectivity index (χ0v) is 12.4. The predicted molar refractivity (Wildman–Crippen MR) is 81.7 cm³/mol. The molecule has 0 aliphatic heterocycles. The van der Waals surface area contributed by atoms with Gasteiger partial charge in [-0.3, -0.25) is 4.98 Å². The lowest BCUT2D eigenvalue weighted by molar-refractivity contribution is 0.387. The van der Waals surface area contributed by atoms with Crippen LogP contribution in [0.3, 0.4) is 0 Å². The van der Waals surface area contributed by atoms with Crippen LogP contribution in [0.25, 0.3) is 0 Å². The third kappa shape index (κ3) is 6.58. The maximum absolute atomic E-state index is 4.34. The van der Waals surface area contributed by atoms with Gasteiger partial charge in [-0.1, -0.05) is 38.2 Å². The molecule has 2 nitrogen and oxygen atoms in total. The summed E-state index contributed by atoms with van der Waals surface area (Å²) in [5.74, 6) is 0. The summed E-state index contributed by atoms with van der Waals surface area (Å²) in [4.78, 5) is 4.34. The van der Waals surface area contributed by atoms with Gasteiger partial charge in [0, 0.05) is 18.8 Å². The number of aromatic nitrogens is 1. The number of nitrogens with zero attached hydrogens (tertiary/aromatic N) is 1. The first-order valence-corrected chi connectivity index (χ1v) is 6.58. The Bertz CT molecular complexity index is 285. The van der Waals surface area contributed by atoms with Gasteiger partial charge in [0.25, 0.3) is 0 Å². The molecule has 0 atom stereocenters. The highest BCUT2D eigenvalue weighted by molar-refractivity contribution is 5.85. The first kappa shape index (κ1) is 17.7. The Hall–Kier alpha value is -0.310. The summed E-state index contributed by atoms with van der Waals surface area (Å²) >= 11 is 0. The van der Waals surface area contributed by atoms with Crippen molar-refractivity contribution in [2.45, 2.75) is 57.5 Å². The van der Waals surface area contributed by atoms with Crippen LogP contribution in [0.15, 0.2) is 24.4 Å². The molecule has 18 heavy (non-hydrogen) atoms. The van der Waals surface area contributed by atoms with Gasteiger partial charge in [-0.05, 0) is 25.0 Å². The lowest BCUT2D eigenvalue weighted by Crippen LogP contribution is -2.29. The molecule has 1 fully saturated rings. The van der Waals surface area contributed by atoms with Crippen molar-refractivity contribution in [3.05, 3.63) is 30.1 Å². The Morgan fingerprint density at radius 3 is 2.28 bits per heavy atom. The van der Waals surface area contributed by atoms with Crippen LogP contribution in [0, 0.1) is 0 Å². The van der Waals surface area contributed by atoms with Crippen LogP contribution >= 0.6 is 24.8 Å². The Kier molecular flexibility index (Phi) is 10.4. The van der Waals surface area contributed by atoms with Crippen molar-refractivity contribution in [2.24, 2.45) is 0 Å². The van der Waals surface area contributed by atoms with E-state index in [1.807, 2.05) is 12.3 Å². The number of nitrogens with one attached hydrogen (secondary N) is 1. The molecule has 0 amide bonds. The van der Waals surface area contributed by atoms with Crippen LogP contribution in [0.1, 0.15) is 50.6 Å². The van der Waals surface area contributed by atoms with E-state index in [4.69, 9.17) is 0 Å². The van der Waals surface area contributed by atoms with E-state index in [1.165, 1.54) is 44.9 Å². The molecule has 0 bridgehead atoms. The van der Waals surface area contributed by atoms with Gasteiger partial charge in [-0.25, -0.2) is 0 Å².